The minimum Gasteiger partial charge on any atom is -0.332 e. The van der Waals surface area contributed by atoms with Crippen molar-refractivity contribution >= 4 is 44.7 Å². The van der Waals surface area contributed by atoms with Crippen molar-refractivity contribution in [2.75, 3.05) is 15.4 Å². The Labute approximate surface area is 194 Å². The number of aromatic nitrogens is 2. The largest absolute Gasteiger partial charge is 0.332 e. The molecule has 0 atom stereocenters. The van der Waals surface area contributed by atoms with Gasteiger partial charge in [0, 0.05) is 22.8 Å². The molecule has 0 aliphatic carbocycles. The molecular weight excluding hydrogens is 442 g/mol. The average Bonchev–Trinajstić information content (AvgIpc) is 2.73. The van der Waals surface area contributed by atoms with Gasteiger partial charge in [-0.25, -0.2) is 23.1 Å². The topological polar surface area (TPSA) is 96.0 Å². The van der Waals surface area contributed by atoms with E-state index >= 15 is 0 Å². The standard InChI is InChI=1S/C23H27N5O2S2/c1-5-17-8-7-9-18(6-2)21(17)27-23(31)26-19-10-12-20(13-11-19)32(29,30)28-22-24-15(3)14-16(4)25-22/h7-14H,5-6H2,1-4H3,(H,24,25,28)(H2,26,27,31). The number of sulfonamides is 1. The summed E-state index contributed by atoms with van der Waals surface area (Å²) in [5.41, 5.74) is 5.45. The summed E-state index contributed by atoms with van der Waals surface area (Å²) in [6, 6.07) is 14.3. The van der Waals surface area contributed by atoms with E-state index in [1.165, 1.54) is 23.3 Å². The fourth-order valence-electron chi connectivity index (χ4n) is 3.35. The molecule has 1 heterocycles. The molecule has 0 amide bonds. The van der Waals surface area contributed by atoms with Crippen LogP contribution in [0.3, 0.4) is 0 Å². The fraction of sp³-hybridized carbons (Fsp3) is 0.261. The van der Waals surface area contributed by atoms with Crippen LogP contribution in [0.4, 0.5) is 17.3 Å². The summed E-state index contributed by atoms with van der Waals surface area (Å²) >= 11 is 5.48. The van der Waals surface area contributed by atoms with Crippen LogP contribution in [0.2, 0.25) is 0 Å². The van der Waals surface area contributed by atoms with Crippen molar-refractivity contribution in [2.45, 2.75) is 45.4 Å². The quantitative estimate of drug-likeness (QED) is 0.427. The first kappa shape index (κ1) is 23.6. The van der Waals surface area contributed by atoms with Gasteiger partial charge in [0.1, 0.15) is 0 Å². The van der Waals surface area contributed by atoms with Crippen LogP contribution < -0.4 is 15.4 Å². The van der Waals surface area contributed by atoms with Gasteiger partial charge in [-0.1, -0.05) is 32.0 Å². The molecule has 168 valence electrons. The molecule has 0 saturated carbocycles. The maximum Gasteiger partial charge on any atom is 0.264 e. The third-order valence-corrected chi connectivity index (χ3v) is 6.42. The molecule has 1 aromatic heterocycles. The Balaban J connectivity index is 1.71. The maximum absolute atomic E-state index is 12.7. The summed E-state index contributed by atoms with van der Waals surface area (Å²) < 4.78 is 27.8. The van der Waals surface area contributed by atoms with Gasteiger partial charge in [0.05, 0.1) is 4.90 Å². The number of hydrogen-bond acceptors (Lipinski definition) is 5. The Morgan fingerprint density at radius 3 is 2.00 bits per heavy atom. The van der Waals surface area contributed by atoms with Crippen molar-refractivity contribution in [3.05, 3.63) is 71.0 Å². The highest BCUT2D eigenvalue weighted by Crippen LogP contribution is 2.23. The first-order valence-electron chi connectivity index (χ1n) is 10.4. The van der Waals surface area contributed by atoms with Crippen LogP contribution in [-0.4, -0.2) is 23.5 Å². The van der Waals surface area contributed by atoms with Gasteiger partial charge in [0.2, 0.25) is 5.95 Å². The second-order valence-electron chi connectivity index (χ2n) is 7.34. The van der Waals surface area contributed by atoms with Crippen molar-refractivity contribution in [3.8, 4) is 0 Å². The minimum absolute atomic E-state index is 0.0522. The van der Waals surface area contributed by atoms with Crippen LogP contribution >= 0.6 is 12.2 Å². The molecule has 0 unspecified atom stereocenters. The zero-order chi connectivity index (χ0) is 23.3. The van der Waals surface area contributed by atoms with E-state index in [4.69, 9.17) is 12.2 Å². The van der Waals surface area contributed by atoms with E-state index in [1.807, 2.05) is 0 Å². The molecule has 7 nitrogen and oxygen atoms in total. The maximum atomic E-state index is 12.7. The molecule has 0 aliphatic heterocycles. The van der Waals surface area contributed by atoms with Crippen molar-refractivity contribution in [1.29, 1.82) is 0 Å². The van der Waals surface area contributed by atoms with E-state index in [1.54, 1.807) is 32.0 Å². The Morgan fingerprint density at radius 1 is 0.906 bits per heavy atom. The van der Waals surface area contributed by atoms with E-state index in [0.717, 1.165) is 18.5 Å². The van der Waals surface area contributed by atoms with E-state index in [2.05, 4.69) is 57.4 Å². The molecule has 0 saturated heterocycles. The smallest absolute Gasteiger partial charge is 0.264 e. The van der Waals surface area contributed by atoms with E-state index < -0.39 is 10.0 Å². The molecule has 0 aliphatic rings. The van der Waals surface area contributed by atoms with Crippen molar-refractivity contribution in [1.82, 2.24) is 9.97 Å². The molecular formula is C23H27N5O2S2. The van der Waals surface area contributed by atoms with Crippen molar-refractivity contribution < 1.29 is 8.42 Å². The van der Waals surface area contributed by atoms with Crippen LogP contribution in [0.25, 0.3) is 0 Å². The first-order valence-corrected chi connectivity index (χ1v) is 12.2. The molecule has 9 heteroatoms. The average molecular weight is 470 g/mol. The van der Waals surface area contributed by atoms with Gasteiger partial charge in [-0.05, 0) is 80.4 Å². The molecule has 3 N–H and O–H groups in total. The number of benzene rings is 2. The Bertz CT molecular complexity index is 1180. The Hall–Kier alpha value is -3.04. The molecule has 32 heavy (non-hydrogen) atoms. The van der Waals surface area contributed by atoms with Crippen molar-refractivity contribution in [3.63, 3.8) is 0 Å². The summed E-state index contributed by atoms with van der Waals surface area (Å²) in [7, 11) is -3.81. The van der Waals surface area contributed by atoms with Gasteiger partial charge in [0.15, 0.2) is 5.11 Å². The second kappa shape index (κ2) is 10.1. The number of para-hydroxylation sites is 1. The number of anilines is 3. The second-order valence-corrected chi connectivity index (χ2v) is 9.43. The predicted molar refractivity (Wildman–Crippen MR) is 134 cm³/mol. The van der Waals surface area contributed by atoms with Gasteiger partial charge in [-0.3, -0.25) is 0 Å². The third kappa shape index (κ3) is 5.80. The zero-order valence-corrected chi connectivity index (χ0v) is 20.2. The summed E-state index contributed by atoms with van der Waals surface area (Å²) in [6.07, 6.45) is 1.78. The van der Waals surface area contributed by atoms with Gasteiger partial charge < -0.3 is 10.6 Å². The zero-order valence-electron chi connectivity index (χ0n) is 18.6. The van der Waals surface area contributed by atoms with Gasteiger partial charge >= 0.3 is 0 Å². The lowest BCUT2D eigenvalue weighted by Gasteiger charge is -2.17. The Kier molecular flexibility index (Phi) is 7.42. The molecule has 0 fully saturated rings. The molecule has 0 spiro atoms. The summed E-state index contributed by atoms with van der Waals surface area (Å²) in [5, 5.41) is 6.85. The Morgan fingerprint density at radius 2 is 1.47 bits per heavy atom. The number of nitrogens with one attached hydrogen (secondary N) is 3. The molecule has 3 rings (SSSR count). The van der Waals surface area contributed by atoms with Gasteiger partial charge in [-0.2, -0.15) is 0 Å². The minimum atomic E-state index is -3.81. The van der Waals surface area contributed by atoms with Crippen molar-refractivity contribution in [2.24, 2.45) is 0 Å². The van der Waals surface area contributed by atoms with E-state index in [0.29, 0.717) is 22.2 Å². The lowest BCUT2D eigenvalue weighted by molar-refractivity contribution is 0.601. The molecule has 0 radical (unpaired) electrons. The van der Waals surface area contributed by atoms with Crippen LogP contribution in [0.1, 0.15) is 36.4 Å². The highest BCUT2D eigenvalue weighted by Gasteiger charge is 2.16. The van der Waals surface area contributed by atoms with Gasteiger partial charge in [-0.15, -0.1) is 0 Å². The van der Waals surface area contributed by atoms with Crippen LogP contribution in [0.15, 0.2) is 53.4 Å². The first-order chi connectivity index (χ1) is 15.2. The summed E-state index contributed by atoms with van der Waals surface area (Å²) in [5.74, 6) is 0.0522. The normalized spacial score (nSPS) is 11.1. The number of rotatable bonds is 7. The number of hydrogen-bond donors (Lipinski definition) is 3. The van der Waals surface area contributed by atoms with Crippen LogP contribution in [0, 0.1) is 13.8 Å². The number of thiocarbonyl (C=S) groups is 1. The monoisotopic (exact) mass is 469 g/mol. The summed E-state index contributed by atoms with van der Waals surface area (Å²) in [6.45, 7) is 7.78. The number of nitrogens with zero attached hydrogens (tertiary/aromatic N) is 2. The predicted octanol–water partition coefficient (Wildman–Crippen LogP) is 4.83. The van der Waals surface area contributed by atoms with Crippen LogP contribution in [0.5, 0.6) is 0 Å². The molecule has 3 aromatic rings. The van der Waals surface area contributed by atoms with E-state index in [-0.39, 0.29) is 10.8 Å². The highest BCUT2D eigenvalue weighted by atomic mass is 32.2. The molecule has 0 bridgehead atoms. The third-order valence-electron chi connectivity index (χ3n) is 4.87. The molecule has 2 aromatic carbocycles. The lowest BCUT2D eigenvalue weighted by atomic mass is 10.0. The number of aryl methyl sites for hydroxylation is 4. The van der Waals surface area contributed by atoms with Crippen LogP contribution in [-0.2, 0) is 22.9 Å². The SMILES string of the molecule is CCc1cccc(CC)c1NC(=S)Nc1ccc(S(=O)(=O)Nc2nc(C)cc(C)n2)cc1. The fourth-order valence-corrected chi connectivity index (χ4v) is 4.51. The summed E-state index contributed by atoms with van der Waals surface area (Å²) in [4.78, 5) is 8.37. The van der Waals surface area contributed by atoms with E-state index in [9.17, 15) is 8.42 Å². The highest BCUT2D eigenvalue weighted by molar-refractivity contribution is 7.92. The van der Waals surface area contributed by atoms with Gasteiger partial charge in [0.25, 0.3) is 10.0 Å². The lowest BCUT2D eigenvalue weighted by Crippen LogP contribution is -2.21.